The molecule has 4 aromatic heterocycles. The molecule has 0 atom stereocenters. The molecule has 0 N–H and O–H groups in total. The Labute approximate surface area is 407 Å². The molecule has 6 nitrogen and oxygen atoms in total. The van der Waals surface area contributed by atoms with Gasteiger partial charge in [0.05, 0.1) is 36.2 Å². The molecule has 6 aromatic carbocycles. The van der Waals surface area contributed by atoms with Crippen molar-refractivity contribution in [1.82, 2.24) is 19.1 Å². The van der Waals surface area contributed by atoms with Crippen LogP contribution < -0.4 is 9.30 Å². The molecular formula is C57H49N5OPt-2. The van der Waals surface area contributed by atoms with Gasteiger partial charge in [0.15, 0.2) is 0 Å². The molecule has 0 saturated heterocycles. The van der Waals surface area contributed by atoms with Crippen LogP contribution in [-0.4, -0.2) is 19.1 Å². The largest absolute Gasteiger partial charge is 0.522 e. The van der Waals surface area contributed by atoms with Gasteiger partial charge in [0.1, 0.15) is 5.82 Å². The first-order valence-electron chi connectivity index (χ1n) is 26.6. The number of para-hydroxylation sites is 4. The molecule has 64 heavy (non-hydrogen) atoms. The van der Waals surface area contributed by atoms with E-state index in [0.717, 1.165) is 16.3 Å². The van der Waals surface area contributed by atoms with Gasteiger partial charge in [-0.3, -0.25) is 14.1 Å². The van der Waals surface area contributed by atoms with E-state index in [1.165, 1.54) is 0 Å². The minimum Gasteiger partial charge on any atom is -0.522 e. The van der Waals surface area contributed by atoms with Crippen LogP contribution in [0.3, 0.4) is 0 Å². The quantitative estimate of drug-likeness (QED) is 0.107. The molecule has 0 amide bonds. The van der Waals surface area contributed by atoms with Crippen molar-refractivity contribution >= 4 is 32.8 Å². The van der Waals surface area contributed by atoms with E-state index < -0.39 is 72.2 Å². The molecule has 0 unspecified atom stereocenters. The average Bonchev–Trinajstić information content (AvgIpc) is 3.97. The Morgan fingerprint density at radius 3 is 2.05 bits per heavy atom. The van der Waals surface area contributed by atoms with E-state index in [0.29, 0.717) is 45.8 Å². The van der Waals surface area contributed by atoms with Crippen molar-refractivity contribution in [2.45, 2.75) is 54.3 Å². The minimum atomic E-state index is -1.68. The van der Waals surface area contributed by atoms with Crippen LogP contribution in [0.4, 0.5) is 0 Å². The fourth-order valence-electron chi connectivity index (χ4n) is 7.97. The summed E-state index contributed by atoms with van der Waals surface area (Å²) in [6, 6.07) is 30.2. The summed E-state index contributed by atoms with van der Waals surface area (Å²) in [7, 11) is 0. The van der Waals surface area contributed by atoms with Crippen LogP contribution in [0.5, 0.6) is 11.5 Å². The summed E-state index contributed by atoms with van der Waals surface area (Å²) in [5.74, 6) is 1.38. The molecule has 0 aliphatic carbocycles. The van der Waals surface area contributed by atoms with Gasteiger partial charge in [-0.2, -0.15) is 12.1 Å². The van der Waals surface area contributed by atoms with Crippen LogP contribution in [0.15, 0.2) is 164 Å². The van der Waals surface area contributed by atoms with E-state index in [2.05, 4.69) is 39.2 Å². The second kappa shape index (κ2) is 17.2. The smallest absolute Gasteiger partial charge is 0.269 e. The Balaban J connectivity index is 0.00000706. The zero-order valence-electron chi connectivity index (χ0n) is 48.0. The molecule has 4 heterocycles. The second-order valence-corrected chi connectivity index (χ2v) is 17.6. The molecule has 320 valence electrons. The van der Waals surface area contributed by atoms with Crippen LogP contribution in [0.2, 0.25) is 0 Å². The van der Waals surface area contributed by atoms with E-state index in [-0.39, 0.29) is 66.0 Å². The topological polar surface area (TPSA) is 48.8 Å². The van der Waals surface area contributed by atoms with E-state index in [9.17, 15) is 0 Å². The van der Waals surface area contributed by atoms with Crippen molar-refractivity contribution in [1.29, 1.82) is 0 Å². The summed E-state index contributed by atoms with van der Waals surface area (Å²) in [5.41, 5.74) is 2.70. The first-order chi connectivity index (χ1) is 35.4. The summed E-state index contributed by atoms with van der Waals surface area (Å²) in [6.45, 7) is 11.9. The maximum absolute atomic E-state index is 9.08. The van der Waals surface area contributed by atoms with Gasteiger partial charge in [-0.1, -0.05) is 168 Å². The number of nitrogens with zero attached hydrogens (tertiary/aromatic N) is 5. The molecule has 0 saturated carbocycles. The zero-order chi connectivity index (χ0) is 53.8. The number of hydrogen-bond donors (Lipinski definition) is 0. The summed E-state index contributed by atoms with van der Waals surface area (Å²) in [6.07, 6.45) is 3.85. The average molecular weight is 1030 g/mol. The summed E-state index contributed by atoms with van der Waals surface area (Å²) < 4.78 is 118. The molecule has 0 bridgehead atoms. The summed E-state index contributed by atoms with van der Waals surface area (Å²) in [5, 5.41) is 1.82. The SMILES string of the molecule is [2H]c1c([2H])c([2H])c(-c2cccc(-c3c([2H])c([2H])c([2H])c([2H])c3[2H])c2-[n+]2[c-]n(-c3[c-]c(Oc4[c-]c5c(cc4)c4ccccc4n5-c4cc(C([2H])([2H])C(C)(C)C)ccn4)cc(CC(C)(C)C)n3)c3ccccc32)c([2H])c1[2H].[Pt]. The van der Waals surface area contributed by atoms with Gasteiger partial charge in [-0.25, -0.2) is 4.98 Å². The Morgan fingerprint density at radius 2 is 1.36 bits per heavy atom. The molecule has 0 radical (unpaired) electrons. The maximum Gasteiger partial charge on any atom is 0.269 e. The number of aromatic nitrogens is 5. The van der Waals surface area contributed by atoms with Gasteiger partial charge in [-0.15, -0.1) is 23.6 Å². The van der Waals surface area contributed by atoms with Crippen molar-refractivity contribution in [3.8, 4) is 51.1 Å². The first-order valence-corrected chi connectivity index (χ1v) is 20.6. The molecule has 0 aliphatic heterocycles. The van der Waals surface area contributed by atoms with Gasteiger partial charge in [0.2, 0.25) is 0 Å². The number of pyridine rings is 2. The van der Waals surface area contributed by atoms with Gasteiger partial charge < -0.3 is 9.30 Å². The predicted octanol–water partition coefficient (Wildman–Crippen LogP) is 13.5. The van der Waals surface area contributed by atoms with Crippen LogP contribution in [0.1, 0.15) is 69.2 Å². The third-order valence-electron chi connectivity index (χ3n) is 10.3. The van der Waals surface area contributed by atoms with E-state index >= 15 is 0 Å². The van der Waals surface area contributed by atoms with Crippen molar-refractivity contribution < 1.29 is 46.8 Å². The van der Waals surface area contributed by atoms with Crippen LogP contribution >= 0.6 is 0 Å². The molecule has 7 heteroatoms. The normalized spacial score (nSPS) is 14.8. The van der Waals surface area contributed by atoms with Gasteiger partial charge in [-0.05, 0) is 86.5 Å². The molecule has 0 fully saturated rings. The second-order valence-electron chi connectivity index (χ2n) is 17.6. The van der Waals surface area contributed by atoms with Crippen molar-refractivity contribution in [2.24, 2.45) is 10.8 Å². The molecule has 0 spiro atoms. The van der Waals surface area contributed by atoms with Crippen molar-refractivity contribution in [3.63, 3.8) is 0 Å². The standard InChI is InChI=1S/C57H49N5O.Pt/c1-56(2,3)36-39-30-31-58-53(32-39)62-49-25-14-13-22-47(49)48-29-28-43(34-52(48)62)63-44-33-42(37-57(4,5)6)59-54(35-44)60-38-61(51-27-16-15-26-50(51)60)55-45(40-18-9-7-10-19-40)23-17-24-46(55)41-20-11-8-12-21-41;/h7-33H,36-37H2,1-6H3;/q-2;/i7D,8D,9D,10D,11D,12D,18D,19D,20D,21D,36D2;. The minimum absolute atomic E-state index is 0. The Kier molecular flexibility index (Phi) is 8.17. The Morgan fingerprint density at radius 1 is 0.688 bits per heavy atom. The van der Waals surface area contributed by atoms with E-state index in [1.54, 1.807) is 57.8 Å². The van der Waals surface area contributed by atoms with Crippen molar-refractivity contribution in [3.05, 3.63) is 193 Å². The van der Waals surface area contributed by atoms with Crippen LogP contribution in [-0.2, 0) is 33.9 Å². The van der Waals surface area contributed by atoms with Gasteiger partial charge >= 0.3 is 0 Å². The summed E-state index contributed by atoms with van der Waals surface area (Å²) >= 11 is 0. The number of imidazole rings is 1. The number of rotatable bonds is 9. The van der Waals surface area contributed by atoms with Gasteiger partial charge in [0, 0.05) is 41.3 Å². The molecular weight excluding hydrogens is 966 g/mol. The number of benzene rings is 6. The number of fused-ring (bicyclic) bond motifs is 4. The third-order valence-corrected chi connectivity index (χ3v) is 10.3. The van der Waals surface area contributed by atoms with Gasteiger partial charge in [0.25, 0.3) is 6.33 Å². The fourth-order valence-corrected chi connectivity index (χ4v) is 7.97. The monoisotopic (exact) mass is 1030 g/mol. The fraction of sp³-hybridized carbons (Fsp3) is 0.175. The van der Waals surface area contributed by atoms with E-state index in [4.69, 9.17) is 31.2 Å². The summed E-state index contributed by atoms with van der Waals surface area (Å²) in [4.78, 5) is 9.86. The molecule has 10 rings (SSSR count). The Bertz CT molecular complexity index is 3840. The van der Waals surface area contributed by atoms with Crippen molar-refractivity contribution in [2.75, 3.05) is 0 Å². The molecule has 10 aromatic rings. The predicted molar refractivity (Wildman–Crippen MR) is 255 cm³/mol. The van der Waals surface area contributed by atoms with E-state index in [1.807, 2.05) is 79.9 Å². The van der Waals surface area contributed by atoms with Crippen LogP contribution in [0.25, 0.3) is 72.4 Å². The Hall–Kier alpha value is -6.62. The maximum atomic E-state index is 9.08. The number of ether oxygens (including phenoxy) is 1. The first kappa shape index (κ1) is 30.5. The third kappa shape index (κ3) is 8.55. The molecule has 0 aliphatic rings. The van der Waals surface area contributed by atoms with Crippen LogP contribution in [0, 0.1) is 29.3 Å². The number of hydrogen-bond acceptors (Lipinski definition) is 3. The zero-order valence-corrected chi connectivity index (χ0v) is 38.3.